The van der Waals surface area contributed by atoms with Crippen molar-refractivity contribution in [2.24, 2.45) is 5.41 Å². The quantitative estimate of drug-likeness (QED) is 0.394. The molecule has 4 rings (SSSR count). The summed E-state index contributed by atoms with van der Waals surface area (Å²) in [5, 5.41) is 13.3. The first-order valence-electron chi connectivity index (χ1n) is 13.3. The average molecular weight is 536 g/mol. The number of hydrazine groups is 1. The molecule has 0 bridgehead atoms. The number of nitrogens with one attached hydrogen (secondary N) is 3. The van der Waals surface area contributed by atoms with Crippen LogP contribution in [0.4, 0.5) is 5.69 Å². The van der Waals surface area contributed by atoms with Crippen LogP contribution in [0.1, 0.15) is 57.8 Å². The number of hydrogen-bond acceptors (Lipinski definition) is 9. The molecule has 11 heteroatoms. The minimum atomic E-state index is -0.518. The van der Waals surface area contributed by atoms with Crippen molar-refractivity contribution in [1.29, 1.82) is 5.41 Å². The number of hydrogen-bond donors (Lipinski definition) is 3. The largest absolute Gasteiger partial charge is 0.486 e. The Hall–Kier alpha value is -3.86. The first kappa shape index (κ1) is 28.2. The highest BCUT2D eigenvalue weighted by atomic mass is 16.5. The van der Waals surface area contributed by atoms with Crippen molar-refractivity contribution in [2.75, 3.05) is 31.5 Å². The van der Waals surface area contributed by atoms with Crippen molar-refractivity contribution >= 4 is 29.0 Å². The molecule has 2 amide bonds. The summed E-state index contributed by atoms with van der Waals surface area (Å²) in [6.07, 6.45) is 6.76. The van der Waals surface area contributed by atoms with E-state index in [2.05, 4.69) is 34.6 Å². The second kappa shape index (κ2) is 12.3. The summed E-state index contributed by atoms with van der Waals surface area (Å²) in [6.45, 7) is 7.86. The fraction of sp³-hybridized carbons (Fsp3) is 0.500. The molecule has 0 radical (unpaired) electrons. The van der Waals surface area contributed by atoms with Gasteiger partial charge in [-0.3, -0.25) is 25.2 Å². The fourth-order valence-electron chi connectivity index (χ4n) is 5.08. The smallest absolute Gasteiger partial charge is 0.257 e. The Kier molecular flexibility index (Phi) is 8.90. The zero-order chi connectivity index (χ0) is 28.0. The highest BCUT2D eigenvalue weighted by Crippen LogP contribution is 2.28. The molecule has 2 aromatic rings. The number of benzene rings is 1. The average Bonchev–Trinajstić information content (AvgIpc) is 3.41. The first-order chi connectivity index (χ1) is 18.6. The summed E-state index contributed by atoms with van der Waals surface area (Å²) in [6, 6.07) is 6.15. The van der Waals surface area contributed by atoms with E-state index in [-0.39, 0.29) is 36.1 Å². The van der Waals surface area contributed by atoms with Crippen LogP contribution in [0.2, 0.25) is 0 Å². The molecular formula is C28H37N7O4. The van der Waals surface area contributed by atoms with Crippen LogP contribution in [0.3, 0.4) is 0 Å². The molecule has 1 aromatic heterocycles. The molecule has 1 atom stereocenters. The van der Waals surface area contributed by atoms with Crippen LogP contribution >= 0.6 is 0 Å². The Morgan fingerprint density at radius 1 is 1.15 bits per heavy atom. The van der Waals surface area contributed by atoms with Gasteiger partial charge >= 0.3 is 0 Å². The Balaban J connectivity index is 1.39. The van der Waals surface area contributed by atoms with Crippen molar-refractivity contribution in [3.05, 3.63) is 48.0 Å². The lowest BCUT2D eigenvalue weighted by atomic mass is 9.85. The molecule has 0 saturated carbocycles. The molecule has 1 aromatic carbocycles. The van der Waals surface area contributed by atoms with Crippen molar-refractivity contribution in [1.82, 2.24) is 25.3 Å². The number of amides is 2. The summed E-state index contributed by atoms with van der Waals surface area (Å²) in [5.41, 5.74) is 3.76. The molecule has 3 N–H and O–H groups in total. The molecule has 2 aliphatic rings. The van der Waals surface area contributed by atoms with E-state index in [0.717, 1.165) is 32.4 Å². The maximum absolute atomic E-state index is 13.2. The molecule has 3 heterocycles. The molecule has 11 nitrogen and oxygen atoms in total. The monoisotopic (exact) mass is 535 g/mol. The SMILES string of the molecule is CC(=O)C(=N)c1cc(OCc2ncccn2)ccc1NCC(=O)N1CCCC1C(=O)NN1CCCC(C)(C)C1. The van der Waals surface area contributed by atoms with Crippen molar-refractivity contribution in [3.63, 3.8) is 0 Å². The van der Waals surface area contributed by atoms with Gasteiger partial charge in [0.2, 0.25) is 5.91 Å². The zero-order valence-corrected chi connectivity index (χ0v) is 22.8. The fourth-order valence-corrected chi connectivity index (χ4v) is 5.08. The van der Waals surface area contributed by atoms with Crippen LogP contribution in [0, 0.1) is 10.8 Å². The van der Waals surface area contributed by atoms with Gasteiger partial charge in [-0.1, -0.05) is 13.8 Å². The van der Waals surface area contributed by atoms with Gasteiger partial charge in [0.1, 0.15) is 24.1 Å². The predicted octanol–water partition coefficient (Wildman–Crippen LogP) is 2.57. The van der Waals surface area contributed by atoms with Crippen LogP contribution in [0.15, 0.2) is 36.7 Å². The third kappa shape index (κ3) is 7.38. The van der Waals surface area contributed by atoms with Crippen LogP contribution in [0.25, 0.3) is 0 Å². The third-order valence-corrected chi connectivity index (χ3v) is 7.07. The molecule has 0 aliphatic carbocycles. The van der Waals surface area contributed by atoms with E-state index in [0.29, 0.717) is 35.8 Å². The Labute approximate surface area is 228 Å². The molecule has 0 spiro atoms. The highest BCUT2D eigenvalue weighted by Gasteiger charge is 2.36. The highest BCUT2D eigenvalue weighted by molar-refractivity contribution is 6.45. The third-order valence-electron chi connectivity index (χ3n) is 7.07. The van der Waals surface area contributed by atoms with Gasteiger partial charge in [0.05, 0.1) is 6.54 Å². The molecule has 2 aliphatic heterocycles. The molecule has 2 fully saturated rings. The van der Waals surface area contributed by atoms with Gasteiger partial charge in [0.15, 0.2) is 11.6 Å². The topological polar surface area (TPSA) is 141 Å². The summed E-state index contributed by atoms with van der Waals surface area (Å²) >= 11 is 0. The number of anilines is 1. The summed E-state index contributed by atoms with van der Waals surface area (Å²) < 4.78 is 5.76. The number of Topliss-reactive ketones (excluding diaryl/α,β-unsaturated/α-hetero) is 1. The zero-order valence-electron chi connectivity index (χ0n) is 22.8. The van der Waals surface area contributed by atoms with Crippen LogP contribution in [-0.4, -0.2) is 75.4 Å². The van der Waals surface area contributed by atoms with E-state index >= 15 is 0 Å². The summed E-state index contributed by atoms with van der Waals surface area (Å²) in [7, 11) is 0. The predicted molar refractivity (Wildman–Crippen MR) is 146 cm³/mol. The minimum Gasteiger partial charge on any atom is -0.486 e. The second-order valence-corrected chi connectivity index (χ2v) is 10.9. The Morgan fingerprint density at radius 3 is 2.64 bits per heavy atom. The van der Waals surface area contributed by atoms with Gasteiger partial charge in [-0.2, -0.15) is 0 Å². The maximum atomic E-state index is 13.2. The number of ether oxygens (including phenoxy) is 1. The summed E-state index contributed by atoms with van der Waals surface area (Å²) in [4.78, 5) is 48.1. The molecule has 2 saturated heterocycles. The van der Waals surface area contributed by atoms with Crippen LogP contribution in [-0.2, 0) is 21.0 Å². The van der Waals surface area contributed by atoms with E-state index in [1.54, 1.807) is 41.6 Å². The number of aromatic nitrogens is 2. The number of ketones is 1. The van der Waals surface area contributed by atoms with Gasteiger partial charge in [-0.05, 0) is 55.4 Å². The summed E-state index contributed by atoms with van der Waals surface area (Å²) in [5.74, 6) is 0.166. The van der Waals surface area contributed by atoms with Crippen LogP contribution in [0.5, 0.6) is 5.75 Å². The van der Waals surface area contributed by atoms with Gasteiger partial charge in [-0.25, -0.2) is 15.0 Å². The van der Waals surface area contributed by atoms with Crippen molar-refractivity contribution < 1.29 is 19.1 Å². The van der Waals surface area contributed by atoms with Crippen molar-refractivity contribution in [2.45, 2.75) is 59.1 Å². The normalized spacial score (nSPS) is 18.8. The Morgan fingerprint density at radius 2 is 1.92 bits per heavy atom. The van der Waals surface area contributed by atoms with Gasteiger partial charge in [0, 0.05) is 50.2 Å². The van der Waals surface area contributed by atoms with Crippen molar-refractivity contribution in [3.8, 4) is 5.75 Å². The molecule has 39 heavy (non-hydrogen) atoms. The number of likely N-dealkylation sites (tertiary alicyclic amines) is 1. The Bertz CT molecular complexity index is 1220. The number of piperidine rings is 1. The van der Waals surface area contributed by atoms with E-state index in [1.165, 1.54) is 6.92 Å². The van der Waals surface area contributed by atoms with E-state index in [4.69, 9.17) is 10.1 Å². The van der Waals surface area contributed by atoms with Crippen LogP contribution < -0.4 is 15.5 Å². The number of rotatable bonds is 10. The number of carbonyl (C=O) groups is 3. The lowest BCUT2D eigenvalue weighted by Gasteiger charge is -2.38. The van der Waals surface area contributed by atoms with Gasteiger partial charge < -0.3 is 15.0 Å². The first-order valence-corrected chi connectivity index (χ1v) is 13.3. The maximum Gasteiger partial charge on any atom is 0.257 e. The van der Waals surface area contributed by atoms with Gasteiger partial charge in [0.25, 0.3) is 5.91 Å². The van der Waals surface area contributed by atoms with E-state index in [9.17, 15) is 14.4 Å². The van der Waals surface area contributed by atoms with Gasteiger partial charge in [-0.15, -0.1) is 0 Å². The van der Waals surface area contributed by atoms with E-state index in [1.807, 2.05) is 5.01 Å². The lowest BCUT2D eigenvalue weighted by molar-refractivity contribution is -0.140. The van der Waals surface area contributed by atoms with E-state index < -0.39 is 11.8 Å². The standard InChI is InChI=1S/C28H37N7O4/c1-19(36)26(29)21-15-20(39-17-24-30-11-6-12-31-24)8-9-22(21)32-16-25(37)35-14-4-7-23(35)27(38)33-34-13-5-10-28(2,3)18-34/h6,8-9,11-12,15,23,29,32H,4-5,7,10,13-14,16-18H2,1-3H3,(H,33,38). The number of nitrogens with zero attached hydrogens (tertiary/aromatic N) is 4. The number of carbonyl (C=O) groups excluding carboxylic acids is 3. The second-order valence-electron chi connectivity index (χ2n) is 10.9. The lowest BCUT2D eigenvalue weighted by Crippen LogP contribution is -2.55. The minimum absolute atomic E-state index is 0.0726. The molecule has 208 valence electrons. The molecular weight excluding hydrogens is 498 g/mol. The molecule has 1 unspecified atom stereocenters.